The van der Waals surface area contributed by atoms with Crippen LogP contribution in [0.3, 0.4) is 0 Å². The van der Waals surface area contributed by atoms with Crippen molar-refractivity contribution < 1.29 is 19.7 Å². The van der Waals surface area contributed by atoms with Gasteiger partial charge in [0.1, 0.15) is 6.04 Å². The molecule has 0 saturated carbocycles. The molecule has 0 aromatic carbocycles. The van der Waals surface area contributed by atoms with Crippen molar-refractivity contribution in [1.29, 1.82) is 0 Å². The van der Waals surface area contributed by atoms with Crippen molar-refractivity contribution in [1.82, 2.24) is 0 Å². The molecule has 88 valence electrons. The summed E-state index contributed by atoms with van der Waals surface area (Å²) in [7, 11) is 1.22. The van der Waals surface area contributed by atoms with Crippen molar-refractivity contribution in [2.45, 2.75) is 19.9 Å². The lowest BCUT2D eigenvalue weighted by Gasteiger charge is -2.02. The first kappa shape index (κ1) is 19.2. The number of aliphatic hydroxyl groups is 2. The number of rotatable bonds is 3. The standard InChI is InChI=1S/C4H9NO3.C4H10O.ClH/c1-8-4(7)3(5)2-6;1-4(2)3-5;/h3,6H,2,5H2,1H3;4-5H,3H2,1-2H3;1H/t3-;;/m1../s1. The fraction of sp³-hybridized carbons (Fsp3) is 0.875. The third-order valence-electron chi connectivity index (χ3n) is 1.07. The van der Waals surface area contributed by atoms with Gasteiger partial charge >= 0.3 is 5.97 Å². The van der Waals surface area contributed by atoms with Crippen molar-refractivity contribution in [2.75, 3.05) is 20.3 Å². The zero-order valence-corrected chi connectivity index (χ0v) is 9.58. The van der Waals surface area contributed by atoms with E-state index in [1.807, 2.05) is 13.8 Å². The van der Waals surface area contributed by atoms with Crippen molar-refractivity contribution in [3.63, 3.8) is 0 Å². The van der Waals surface area contributed by atoms with E-state index in [-0.39, 0.29) is 19.0 Å². The summed E-state index contributed by atoms with van der Waals surface area (Å²) in [5.41, 5.74) is 5.00. The van der Waals surface area contributed by atoms with E-state index in [0.29, 0.717) is 12.5 Å². The van der Waals surface area contributed by atoms with E-state index < -0.39 is 12.0 Å². The number of carbonyl (C=O) groups is 1. The summed E-state index contributed by atoms with van der Waals surface area (Å²) >= 11 is 0. The topological polar surface area (TPSA) is 92.8 Å². The number of carbonyl (C=O) groups excluding carboxylic acids is 1. The Bertz CT molecular complexity index is 133. The third kappa shape index (κ3) is 14.2. The van der Waals surface area contributed by atoms with Gasteiger partial charge in [-0.1, -0.05) is 13.8 Å². The Balaban J connectivity index is -0.000000177. The highest BCUT2D eigenvalue weighted by molar-refractivity contribution is 5.85. The van der Waals surface area contributed by atoms with Gasteiger partial charge in [-0.2, -0.15) is 0 Å². The predicted molar refractivity (Wildman–Crippen MR) is 56.2 cm³/mol. The summed E-state index contributed by atoms with van der Waals surface area (Å²) in [5.74, 6) is -0.150. The van der Waals surface area contributed by atoms with Crippen LogP contribution in [0, 0.1) is 5.92 Å². The molecule has 0 radical (unpaired) electrons. The SMILES string of the molecule is CC(C)CO.COC(=O)[C@H](N)CO.Cl. The van der Waals surface area contributed by atoms with Crippen molar-refractivity contribution >= 4 is 18.4 Å². The Kier molecular flexibility index (Phi) is 17.4. The second-order valence-corrected chi connectivity index (χ2v) is 2.89. The van der Waals surface area contributed by atoms with Crippen LogP contribution in [-0.4, -0.2) is 42.5 Å². The van der Waals surface area contributed by atoms with Crippen LogP contribution in [0.15, 0.2) is 0 Å². The summed E-state index contributed by atoms with van der Waals surface area (Å²) in [6.45, 7) is 3.88. The van der Waals surface area contributed by atoms with Gasteiger partial charge in [0.05, 0.1) is 13.7 Å². The molecule has 6 heteroatoms. The Morgan fingerprint density at radius 2 is 1.71 bits per heavy atom. The molecule has 0 aliphatic rings. The van der Waals surface area contributed by atoms with Gasteiger partial charge in [0.15, 0.2) is 0 Å². The molecule has 0 unspecified atom stereocenters. The first-order valence-electron chi connectivity index (χ1n) is 4.04. The molecular weight excluding hydrogens is 210 g/mol. The maximum atomic E-state index is 10.2. The van der Waals surface area contributed by atoms with Crippen LogP contribution in [0.4, 0.5) is 0 Å². The van der Waals surface area contributed by atoms with Crippen molar-refractivity contribution in [3.8, 4) is 0 Å². The molecule has 0 aromatic heterocycles. The van der Waals surface area contributed by atoms with Gasteiger partial charge in [-0.25, -0.2) is 0 Å². The Morgan fingerprint density at radius 1 is 1.36 bits per heavy atom. The minimum absolute atomic E-state index is 0. The molecule has 14 heavy (non-hydrogen) atoms. The number of aliphatic hydroxyl groups excluding tert-OH is 2. The highest BCUT2D eigenvalue weighted by Gasteiger charge is 2.10. The van der Waals surface area contributed by atoms with Gasteiger partial charge in [-0.15, -0.1) is 12.4 Å². The van der Waals surface area contributed by atoms with Crippen LogP contribution in [-0.2, 0) is 9.53 Å². The number of nitrogens with two attached hydrogens (primary N) is 1. The normalized spacial score (nSPS) is 10.8. The van der Waals surface area contributed by atoms with Crippen LogP contribution in [0.25, 0.3) is 0 Å². The second-order valence-electron chi connectivity index (χ2n) is 2.89. The zero-order chi connectivity index (χ0) is 10.9. The lowest BCUT2D eigenvalue weighted by molar-refractivity contribution is -0.143. The number of methoxy groups -OCH3 is 1. The largest absolute Gasteiger partial charge is 0.468 e. The van der Waals surface area contributed by atoms with Gasteiger partial charge in [0, 0.05) is 6.61 Å². The average molecular weight is 230 g/mol. The van der Waals surface area contributed by atoms with E-state index in [1.54, 1.807) is 0 Å². The molecule has 0 saturated heterocycles. The first-order valence-corrected chi connectivity index (χ1v) is 4.04. The van der Waals surface area contributed by atoms with E-state index >= 15 is 0 Å². The highest BCUT2D eigenvalue weighted by Crippen LogP contribution is 1.83. The van der Waals surface area contributed by atoms with Gasteiger partial charge in [0.25, 0.3) is 0 Å². The van der Waals surface area contributed by atoms with E-state index in [9.17, 15) is 4.79 Å². The summed E-state index contributed by atoms with van der Waals surface area (Å²) in [6, 6.07) is -0.889. The van der Waals surface area contributed by atoms with Crippen molar-refractivity contribution in [3.05, 3.63) is 0 Å². The fourth-order valence-corrected chi connectivity index (χ4v) is 0.226. The molecule has 0 aliphatic carbocycles. The molecule has 0 amide bonds. The minimum Gasteiger partial charge on any atom is -0.468 e. The maximum Gasteiger partial charge on any atom is 0.325 e. The molecule has 4 N–H and O–H groups in total. The lowest BCUT2D eigenvalue weighted by atomic mass is 10.2. The third-order valence-corrected chi connectivity index (χ3v) is 1.07. The van der Waals surface area contributed by atoms with Crippen LogP contribution in [0.1, 0.15) is 13.8 Å². The summed E-state index contributed by atoms with van der Waals surface area (Å²) < 4.78 is 4.18. The number of ether oxygens (including phenoxy) is 1. The molecular formula is C8H20ClNO4. The Labute approximate surface area is 90.7 Å². The average Bonchev–Trinajstić information content (AvgIpc) is 2.16. The van der Waals surface area contributed by atoms with Gasteiger partial charge in [0.2, 0.25) is 0 Å². The zero-order valence-electron chi connectivity index (χ0n) is 8.77. The molecule has 0 aliphatic heterocycles. The first-order chi connectivity index (χ1) is 5.99. The summed E-state index contributed by atoms with van der Waals surface area (Å²) in [5, 5.41) is 16.4. The second kappa shape index (κ2) is 12.6. The molecule has 0 aromatic rings. The van der Waals surface area contributed by atoms with Crippen LogP contribution < -0.4 is 5.73 Å². The predicted octanol–water partition coefficient (Wildman–Crippen LogP) is -0.464. The number of esters is 1. The molecule has 0 spiro atoms. The summed E-state index contributed by atoms with van der Waals surface area (Å²) in [6.07, 6.45) is 0. The van der Waals surface area contributed by atoms with Crippen LogP contribution in [0.5, 0.6) is 0 Å². The minimum atomic E-state index is -0.889. The molecule has 1 atom stereocenters. The quantitative estimate of drug-likeness (QED) is 0.570. The maximum absolute atomic E-state index is 10.2. The van der Waals surface area contributed by atoms with Crippen molar-refractivity contribution in [2.24, 2.45) is 11.7 Å². The molecule has 0 rings (SSSR count). The number of hydrogen-bond acceptors (Lipinski definition) is 5. The molecule has 5 nitrogen and oxygen atoms in total. The molecule has 0 fully saturated rings. The smallest absolute Gasteiger partial charge is 0.325 e. The Morgan fingerprint density at radius 3 is 1.79 bits per heavy atom. The Hall–Kier alpha value is -0.360. The van der Waals surface area contributed by atoms with Gasteiger partial charge in [-0.05, 0) is 5.92 Å². The number of hydrogen-bond donors (Lipinski definition) is 3. The van der Waals surface area contributed by atoms with E-state index in [0.717, 1.165) is 0 Å². The van der Waals surface area contributed by atoms with Crippen LogP contribution in [0.2, 0.25) is 0 Å². The monoisotopic (exact) mass is 229 g/mol. The van der Waals surface area contributed by atoms with Crippen LogP contribution >= 0.6 is 12.4 Å². The summed E-state index contributed by atoms with van der Waals surface area (Å²) in [4.78, 5) is 10.2. The van der Waals surface area contributed by atoms with E-state index in [4.69, 9.17) is 15.9 Å². The highest BCUT2D eigenvalue weighted by atomic mass is 35.5. The van der Waals surface area contributed by atoms with Gasteiger partial charge < -0.3 is 20.7 Å². The van der Waals surface area contributed by atoms with E-state index in [1.165, 1.54) is 7.11 Å². The number of halogens is 1. The van der Waals surface area contributed by atoms with E-state index in [2.05, 4.69) is 4.74 Å². The molecule has 0 heterocycles. The fourth-order valence-electron chi connectivity index (χ4n) is 0.226. The molecule has 0 bridgehead atoms. The van der Waals surface area contributed by atoms with Gasteiger partial charge in [-0.3, -0.25) is 4.79 Å². The lowest BCUT2D eigenvalue weighted by Crippen LogP contribution is -2.34.